The summed E-state index contributed by atoms with van der Waals surface area (Å²) in [7, 11) is 0. The molecule has 0 saturated heterocycles. The second-order valence-corrected chi connectivity index (χ2v) is 3.56. The second-order valence-electron chi connectivity index (χ2n) is 2.74. The van der Waals surface area contributed by atoms with E-state index < -0.39 is 23.3 Å². The molecule has 7 heteroatoms. The first kappa shape index (κ1) is 10.8. The fourth-order valence-electron chi connectivity index (χ4n) is 0.862. The van der Waals surface area contributed by atoms with E-state index in [2.05, 4.69) is 0 Å². The average molecular weight is 223 g/mol. The standard InChI is InChI=1S/C7H7F2NO3S/c1-4-2-14-6(13)10(4)3-7(8,9)5(11)12/h2H,3H2,1H3,(H,11,12). The van der Waals surface area contributed by atoms with E-state index in [-0.39, 0.29) is 0 Å². The first-order valence-electron chi connectivity index (χ1n) is 3.61. The summed E-state index contributed by atoms with van der Waals surface area (Å²) in [6.45, 7) is 0.354. The number of halogens is 2. The fourth-order valence-corrected chi connectivity index (χ4v) is 1.60. The lowest BCUT2D eigenvalue weighted by molar-refractivity contribution is -0.166. The monoisotopic (exact) mass is 223 g/mol. The highest BCUT2D eigenvalue weighted by Gasteiger charge is 2.39. The number of aromatic nitrogens is 1. The zero-order valence-electron chi connectivity index (χ0n) is 7.16. The van der Waals surface area contributed by atoms with Gasteiger partial charge in [0, 0.05) is 11.1 Å². The van der Waals surface area contributed by atoms with Crippen LogP contribution in [0.5, 0.6) is 0 Å². The van der Waals surface area contributed by atoms with Gasteiger partial charge in [0.2, 0.25) is 0 Å². The van der Waals surface area contributed by atoms with Crippen LogP contribution in [0.4, 0.5) is 8.78 Å². The number of aryl methyl sites for hydroxylation is 1. The van der Waals surface area contributed by atoms with E-state index in [0.717, 1.165) is 15.9 Å². The molecule has 0 aliphatic heterocycles. The lowest BCUT2D eigenvalue weighted by Crippen LogP contribution is -2.36. The van der Waals surface area contributed by atoms with E-state index in [1.54, 1.807) is 0 Å². The van der Waals surface area contributed by atoms with Crippen molar-refractivity contribution >= 4 is 17.3 Å². The van der Waals surface area contributed by atoms with Crippen LogP contribution >= 0.6 is 11.3 Å². The largest absolute Gasteiger partial charge is 0.477 e. The van der Waals surface area contributed by atoms with Gasteiger partial charge in [-0.15, -0.1) is 0 Å². The third kappa shape index (κ3) is 1.98. The summed E-state index contributed by atoms with van der Waals surface area (Å²) in [5, 5.41) is 9.56. The van der Waals surface area contributed by atoms with Crippen LogP contribution in [-0.4, -0.2) is 21.6 Å². The van der Waals surface area contributed by atoms with Gasteiger partial charge in [0.15, 0.2) is 0 Å². The van der Waals surface area contributed by atoms with Gasteiger partial charge in [-0.1, -0.05) is 11.3 Å². The maximum absolute atomic E-state index is 12.7. The fraction of sp³-hybridized carbons (Fsp3) is 0.429. The number of carboxylic acid groups (broad SMARTS) is 1. The van der Waals surface area contributed by atoms with Gasteiger partial charge in [-0.3, -0.25) is 9.36 Å². The number of aliphatic carboxylic acids is 1. The van der Waals surface area contributed by atoms with E-state index in [1.165, 1.54) is 12.3 Å². The minimum absolute atomic E-state index is 0.334. The summed E-state index contributed by atoms with van der Waals surface area (Å²) < 4.78 is 26.2. The highest BCUT2D eigenvalue weighted by Crippen LogP contribution is 2.17. The molecule has 0 spiro atoms. The Hall–Kier alpha value is -1.24. The van der Waals surface area contributed by atoms with Crippen LogP contribution in [0.2, 0.25) is 0 Å². The van der Waals surface area contributed by atoms with Crippen LogP contribution in [0.1, 0.15) is 5.69 Å². The predicted molar refractivity (Wildman–Crippen MR) is 45.9 cm³/mol. The number of carboxylic acids is 1. The Morgan fingerprint density at radius 2 is 2.29 bits per heavy atom. The smallest absolute Gasteiger partial charge is 0.376 e. The van der Waals surface area contributed by atoms with Crippen molar-refractivity contribution in [3.05, 3.63) is 20.7 Å². The molecule has 1 rings (SSSR count). The highest BCUT2D eigenvalue weighted by molar-refractivity contribution is 7.07. The molecule has 78 valence electrons. The number of rotatable bonds is 3. The van der Waals surface area contributed by atoms with Crippen molar-refractivity contribution in [1.29, 1.82) is 0 Å². The molecular weight excluding hydrogens is 216 g/mol. The maximum atomic E-state index is 12.7. The second kappa shape index (κ2) is 3.49. The van der Waals surface area contributed by atoms with Crippen molar-refractivity contribution in [2.75, 3.05) is 0 Å². The van der Waals surface area contributed by atoms with Crippen molar-refractivity contribution in [1.82, 2.24) is 4.57 Å². The Labute approximate surface area is 81.4 Å². The van der Waals surface area contributed by atoms with E-state index >= 15 is 0 Å². The number of thiazole rings is 1. The van der Waals surface area contributed by atoms with Crippen molar-refractivity contribution < 1.29 is 18.7 Å². The molecule has 0 saturated carbocycles. The normalized spacial score (nSPS) is 11.6. The molecule has 0 amide bonds. The molecule has 0 radical (unpaired) electrons. The van der Waals surface area contributed by atoms with Gasteiger partial charge in [-0.05, 0) is 6.92 Å². The molecular formula is C7H7F2NO3S. The number of alkyl halides is 2. The van der Waals surface area contributed by atoms with Crippen LogP contribution < -0.4 is 4.87 Å². The minimum Gasteiger partial charge on any atom is -0.477 e. The molecule has 1 aromatic rings. The molecule has 0 aliphatic rings. The lowest BCUT2D eigenvalue weighted by atomic mass is 10.3. The molecule has 0 atom stereocenters. The summed E-state index contributed by atoms with van der Waals surface area (Å²) in [6.07, 6.45) is 0. The Morgan fingerprint density at radius 3 is 2.64 bits per heavy atom. The maximum Gasteiger partial charge on any atom is 0.376 e. The molecule has 14 heavy (non-hydrogen) atoms. The molecule has 1 N–H and O–H groups in total. The first-order chi connectivity index (χ1) is 6.34. The number of nitrogens with zero attached hydrogens (tertiary/aromatic N) is 1. The molecule has 0 unspecified atom stereocenters. The van der Waals surface area contributed by atoms with Gasteiger partial charge < -0.3 is 5.11 Å². The van der Waals surface area contributed by atoms with Gasteiger partial charge in [-0.25, -0.2) is 4.79 Å². The number of hydrogen-bond donors (Lipinski definition) is 1. The zero-order chi connectivity index (χ0) is 10.9. The Bertz CT molecular complexity index is 409. The van der Waals surface area contributed by atoms with Crippen LogP contribution in [0.25, 0.3) is 0 Å². The molecule has 0 bridgehead atoms. The Kier molecular flexibility index (Phi) is 2.70. The van der Waals surface area contributed by atoms with Gasteiger partial charge in [0.1, 0.15) is 6.54 Å². The SMILES string of the molecule is Cc1csc(=O)n1CC(F)(F)C(=O)O. The summed E-state index contributed by atoms with van der Waals surface area (Å²) >= 11 is 0.765. The van der Waals surface area contributed by atoms with Gasteiger partial charge in [0.25, 0.3) is 0 Å². The van der Waals surface area contributed by atoms with Crippen molar-refractivity contribution in [2.24, 2.45) is 0 Å². The molecule has 4 nitrogen and oxygen atoms in total. The van der Waals surface area contributed by atoms with Crippen molar-refractivity contribution in [3.8, 4) is 0 Å². The topological polar surface area (TPSA) is 59.3 Å². The van der Waals surface area contributed by atoms with Crippen LogP contribution in [0.15, 0.2) is 10.2 Å². The summed E-state index contributed by atoms with van der Waals surface area (Å²) in [4.78, 5) is 20.5. The Morgan fingerprint density at radius 1 is 1.71 bits per heavy atom. The predicted octanol–water partition coefficient (Wildman–Crippen LogP) is 0.938. The highest BCUT2D eigenvalue weighted by atomic mass is 32.1. The van der Waals surface area contributed by atoms with Crippen molar-refractivity contribution in [3.63, 3.8) is 0 Å². The third-order valence-electron chi connectivity index (χ3n) is 1.65. The minimum atomic E-state index is -3.91. The van der Waals surface area contributed by atoms with E-state index in [9.17, 15) is 18.4 Å². The average Bonchev–Trinajstić information content (AvgIpc) is 2.35. The van der Waals surface area contributed by atoms with Crippen molar-refractivity contribution in [2.45, 2.75) is 19.4 Å². The van der Waals surface area contributed by atoms with E-state index in [0.29, 0.717) is 5.69 Å². The van der Waals surface area contributed by atoms with Gasteiger partial charge in [-0.2, -0.15) is 8.78 Å². The molecule has 1 heterocycles. The van der Waals surface area contributed by atoms with Crippen LogP contribution in [-0.2, 0) is 11.3 Å². The Balaban J connectivity index is 3.00. The van der Waals surface area contributed by atoms with Gasteiger partial charge >= 0.3 is 16.8 Å². The summed E-state index contributed by atoms with van der Waals surface area (Å²) in [6, 6.07) is 0. The number of hydrogen-bond acceptors (Lipinski definition) is 3. The lowest BCUT2D eigenvalue weighted by Gasteiger charge is -2.11. The molecule has 0 aromatic carbocycles. The molecule has 1 aromatic heterocycles. The number of carbonyl (C=O) groups is 1. The third-order valence-corrected chi connectivity index (χ3v) is 2.53. The summed E-state index contributed by atoms with van der Waals surface area (Å²) in [5.41, 5.74) is 0.334. The zero-order valence-corrected chi connectivity index (χ0v) is 7.98. The van der Waals surface area contributed by atoms with Gasteiger partial charge in [0.05, 0.1) is 0 Å². The van der Waals surface area contributed by atoms with Crippen LogP contribution in [0.3, 0.4) is 0 Å². The van der Waals surface area contributed by atoms with Crippen LogP contribution in [0, 0.1) is 6.92 Å². The molecule has 0 aliphatic carbocycles. The van der Waals surface area contributed by atoms with E-state index in [1.807, 2.05) is 0 Å². The summed E-state index contributed by atoms with van der Waals surface area (Å²) in [5.74, 6) is -6.13. The first-order valence-corrected chi connectivity index (χ1v) is 4.48. The molecule has 0 fully saturated rings. The van der Waals surface area contributed by atoms with E-state index in [4.69, 9.17) is 5.11 Å². The quantitative estimate of drug-likeness (QED) is 0.829.